The first-order chi connectivity index (χ1) is 12.2. The number of rotatable bonds is 5. The fourth-order valence-corrected chi connectivity index (χ4v) is 4.95. The van der Waals surface area contributed by atoms with Crippen LogP contribution in [0.15, 0.2) is 22.8 Å². The van der Waals surface area contributed by atoms with Gasteiger partial charge in [-0.15, -0.1) is 0 Å². The predicted octanol–water partition coefficient (Wildman–Crippen LogP) is 2.45. The Labute approximate surface area is 150 Å². The highest BCUT2D eigenvalue weighted by Crippen LogP contribution is 2.37. The van der Waals surface area contributed by atoms with E-state index in [0.29, 0.717) is 11.8 Å². The summed E-state index contributed by atoms with van der Waals surface area (Å²) in [4.78, 5) is 17.4. The van der Waals surface area contributed by atoms with Crippen LogP contribution in [0.1, 0.15) is 43.2 Å². The summed E-state index contributed by atoms with van der Waals surface area (Å²) in [5.74, 6) is 2.87. The van der Waals surface area contributed by atoms with E-state index in [0.717, 1.165) is 24.3 Å². The van der Waals surface area contributed by atoms with Gasteiger partial charge in [0.1, 0.15) is 0 Å². The number of hydrogen-bond acceptors (Lipinski definition) is 4. The normalized spacial score (nSPS) is 33.5. The van der Waals surface area contributed by atoms with E-state index in [9.17, 15) is 4.79 Å². The van der Waals surface area contributed by atoms with Crippen molar-refractivity contribution in [3.05, 3.63) is 24.2 Å². The van der Waals surface area contributed by atoms with Crippen LogP contribution in [0.5, 0.6) is 0 Å². The molecule has 4 fully saturated rings. The second-order valence-corrected chi connectivity index (χ2v) is 8.36. The lowest BCUT2D eigenvalue weighted by Crippen LogP contribution is -2.58. The molecule has 0 radical (unpaired) electrons. The number of carbonyl (C=O) groups is 1. The Bertz CT molecular complexity index is 566. The zero-order valence-electron chi connectivity index (χ0n) is 15.3. The number of nitrogens with zero attached hydrogens (tertiary/aromatic N) is 2. The molecule has 1 aromatic heterocycles. The molecule has 5 rings (SSSR count). The highest BCUT2D eigenvalue weighted by Gasteiger charge is 2.40. The van der Waals surface area contributed by atoms with Gasteiger partial charge in [-0.2, -0.15) is 0 Å². The molecule has 1 aromatic rings. The fraction of sp³-hybridized carbons (Fsp3) is 0.750. The zero-order chi connectivity index (χ0) is 17.2. The molecule has 2 bridgehead atoms. The van der Waals surface area contributed by atoms with Gasteiger partial charge in [0.05, 0.1) is 6.26 Å². The summed E-state index contributed by atoms with van der Waals surface area (Å²) in [6.07, 6.45) is 6.84. The van der Waals surface area contributed by atoms with E-state index in [1.807, 2.05) is 0 Å². The first kappa shape index (κ1) is 17.1. The maximum atomic E-state index is 12.1. The van der Waals surface area contributed by atoms with Crippen molar-refractivity contribution in [1.82, 2.24) is 15.1 Å². The Morgan fingerprint density at radius 2 is 2.12 bits per heavy atom. The molecule has 0 aromatic carbocycles. The molecule has 4 aliphatic rings. The summed E-state index contributed by atoms with van der Waals surface area (Å²) < 4.78 is 5.18. The van der Waals surface area contributed by atoms with E-state index in [1.165, 1.54) is 58.4 Å². The van der Waals surface area contributed by atoms with Gasteiger partial charge < -0.3 is 14.6 Å². The largest absolute Gasteiger partial charge is 0.459 e. The van der Waals surface area contributed by atoms with Crippen LogP contribution >= 0.6 is 0 Å². The molecule has 0 aliphatic carbocycles. The molecule has 5 nitrogen and oxygen atoms in total. The van der Waals surface area contributed by atoms with Crippen molar-refractivity contribution >= 4 is 5.91 Å². The van der Waals surface area contributed by atoms with E-state index in [2.05, 4.69) is 22.0 Å². The van der Waals surface area contributed by atoms with Crippen molar-refractivity contribution in [2.75, 3.05) is 39.3 Å². The minimum Gasteiger partial charge on any atom is -0.459 e. The van der Waals surface area contributed by atoms with Crippen LogP contribution in [-0.4, -0.2) is 61.0 Å². The number of piperidine rings is 4. The topological polar surface area (TPSA) is 48.7 Å². The number of fused-ring (bicyclic) bond motifs is 3. The van der Waals surface area contributed by atoms with Crippen LogP contribution in [0, 0.1) is 17.8 Å². The predicted molar refractivity (Wildman–Crippen MR) is 97.5 cm³/mol. The molecule has 5 heteroatoms. The monoisotopic (exact) mass is 345 g/mol. The smallest absolute Gasteiger partial charge is 0.287 e. The third kappa shape index (κ3) is 3.93. The van der Waals surface area contributed by atoms with E-state index in [4.69, 9.17) is 4.42 Å². The summed E-state index contributed by atoms with van der Waals surface area (Å²) in [5, 5.41) is 3.06. The van der Waals surface area contributed by atoms with Crippen molar-refractivity contribution < 1.29 is 9.21 Å². The number of furan rings is 1. The Hall–Kier alpha value is -1.33. The van der Waals surface area contributed by atoms with Crippen LogP contribution in [0.4, 0.5) is 0 Å². The molecule has 0 saturated carbocycles. The third-order valence-electron chi connectivity index (χ3n) is 6.63. The Morgan fingerprint density at radius 1 is 1.28 bits per heavy atom. The van der Waals surface area contributed by atoms with Crippen LogP contribution in [0.2, 0.25) is 0 Å². The summed E-state index contributed by atoms with van der Waals surface area (Å²) in [7, 11) is 0. The van der Waals surface area contributed by atoms with E-state index >= 15 is 0 Å². The van der Waals surface area contributed by atoms with Crippen LogP contribution in [0.25, 0.3) is 0 Å². The van der Waals surface area contributed by atoms with Crippen LogP contribution < -0.4 is 5.32 Å². The lowest BCUT2D eigenvalue weighted by atomic mass is 9.75. The zero-order valence-corrected chi connectivity index (χ0v) is 15.3. The van der Waals surface area contributed by atoms with Gasteiger partial charge in [0.15, 0.2) is 5.76 Å². The second-order valence-electron chi connectivity index (χ2n) is 8.36. The first-order valence-corrected chi connectivity index (χ1v) is 9.97. The van der Waals surface area contributed by atoms with Gasteiger partial charge in [-0.3, -0.25) is 9.69 Å². The maximum absolute atomic E-state index is 12.1. The van der Waals surface area contributed by atoms with E-state index in [-0.39, 0.29) is 5.91 Å². The Balaban J connectivity index is 1.26. The van der Waals surface area contributed by atoms with Gasteiger partial charge in [-0.25, -0.2) is 0 Å². The summed E-state index contributed by atoms with van der Waals surface area (Å²) in [6.45, 7) is 9.37. The van der Waals surface area contributed by atoms with Gasteiger partial charge in [0.25, 0.3) is 5.91 Å². The summed E-state index contributed by atoms with van der Waals surface area (Å²) in [5.41, 5.74) is 0. The van der Waals surface area contributed by atoms with Gasteiger partial charge >= 0.3 is 0 Å². The number of hydrogen-bond donors (Lipinski definition) is 1. The highest BCUT2D eigenvalue weighted by atomic mass is 16.3. The lowest BCUT2D eigenvalue weighted by molar-refractivity contribution is -0.0149. The quantitative estimate of drug-likeness (QED) is 0.891. The SMILES string of the molecule is CC1CCN(CC2CN3CCC2CC3CNC(=O)c2ccco2)CC1. The van der Waals surface area contributed by atoms with E-state index in [1.54, 1.807) is 18.4 Å². The molecule has 4 unspecified atom stereocenters. The Morgan fingerprint density at radius 3 is 2.80 bits per heavy atom. The summed E-state index contributed by atoms with van der Waals surface area (Å²) in [6, 6.07) is 3.97. The molecule has 4 atom stereocenters. The molecule has 1 N–H and O–H groups in total. The van der Waals surface area contributed by atoms with Crippen LogP contribution in [0.3, 0.4) is 0 Å². The van der Waals surface area contributed by atoms with Crippen molar-refractivity contribution in [3.8, 4) is 0 Å². The molecule has 1 amide bonds. The van der Waals surface area contributed by atoms with Gasteiger partial charge in [0.2, 0.25) is 0 Å². The van der Waals surface area contributed by atoms with Crippen molar-refractivity contribution in [2.24, 2.45) is 17.8 Å². The molecule has 5 heterocycles. The average molecular weight is 345 g/mol. The maximum Gasteiger partial charge on any atom is 0.287 e. The third-order valence-corrected chi connectivity index (χ3v) is 6.63. The van der Waals surface area contributed by atoms with Crippen LogP contribution in [-0.2, 0) is 0 Å². The van der Waals surface area contributed by atoms with Crippen molar-refractivity contribution in [3.63, 3.8) is 0 Å². The van der Waals surface area contributed by atoms with Gasteiger partial charge in [0, 0.05) is 25.7 Å². The number of amides is 1. The molecule has 138 valence electrons. The highest BCUT2D eigenvalue weighted by molar-refractivity contribution is 5.91. The molecule has 4 aliphatic heterocycles. The molecular weight excluding hydrogens is 314 g/mol. The van der Waals surface area contributed by atoms with Crippen molar-refractivity contribution in [2.45, 2.75) is 38.6 Å². The molecule has 0 spiro atoms. The molecule has 25 heavy (non-hydrogen) atoms. The number of carbonyl (C=O) groups excluding carboxylic acids is 1. The summed E-state index contributed by atoms with van der Waals surface area (Å²) >= 11 is 0. The van der Waals surface area contributed by atoms with Gasteiger partial charge in [-0.1, -0.05) is 6.92 Å². The molecule has 4 saturated heterocycles. The van der Waals surface area contributed by atoms with Crippen molar-refractivity contribution in [1.29, 1.82) is 0 Å². The minimum absolute atomic E-state index is 0.0911. The number of likely N-dealkylation sites (tertiary alicyclic amines) is 1. The van der Waals surface area contributed by atoms with Gasteiger partial charge in [-0.05, 0) is 75.2 Å². The number of nitrogens with one attached hydrogen (secondary N) is 1. The standard InChI is InChI=1S/C20H31N3O2/c1-15-4-7-22(8-5-15)13-17-14-23-9-6-16(17)11-18(23)12-21-20(24)19-3-2-10-25-19/h2-3,10,15-18H,4-9,11-14H2,1H3,(H,21,24). The Kier molecular flexibility index (Phi) is 5.13. The minimum atomic E-state index is -0.0911. The average Bonchev–Trinajstić information content (AvgIpc) is 3.17. The second kappa shape index (κ2) is 7.50. The molecular formula is C20H31N3O2. The fourth-order valence-electron chi connectivity index (χ4n) is 4.95. The lowest BCUT2D eigenvalue weighted by Gasteiger charge is -2.51. The first-order valence-electron chi connectivity index (χ1n) is 9.97. The van der Waals surface area contributed by atoms with E-state index < -0.39 is 0 Å².